The van der Waals surface area contributed by atoms with E-state index in [9.17, 15) is 13.2 Å². The third kappa shape index (κ3) is 2.79. The first-order chi connectivity index (χ1) is 8.20. The van der Waals surface area contributed by atoms with Gasteiger partial charge in [0.05, 0.1) is 4.90 Å². The summed E-state index contributed by atoms with van der Waals surface area (Å²) in [5.41, 5.74) is 1.31. The van der Waals surface area contributed by atoms with E-state index < -0.39 is 22.2 Å². The highest BCUT2D eigenvalue weighted by Gasteiger charge is 2.24. The maximum atomic E-state index is 11.8. The van der Waals surface area contributed by atoms with E-state index in [0.29, 0.717) is 11.1 Å². The third-order valence-electron chi connectivity index (χ3n) is 2.80. The van der Waals surface area contributed by atoms with Gasteiger partial charge in [-0.05, 0) is 24.0 Å². The highest BCUT2D eigenvalue weighted by molar-refractivity contribution is 7.90. The Bertz CT molecular complexity index is 571. The van der Waals surface area contributed by atoms with Crippen LogP contribution in [0.3, 0.4) is 0 Å². The topological polar surface area (TPSA) is 71.4 Å². The van der Waals surface area contributed by atoms with Gasteiger partial charge in [-0.3, -0.25) is 4.79 Å². The average molecular weight is 270 g/mol. The van der Waals surface area contributed by atoms with Crippen LogP contribution in [-0.2, 0) is 9.84 Å². The molecule has 0 radical (unpaired) electrons. The molecule has 1 rings (SSSR count). The van der Waals surface area contributed by atoms with Crippen LogP contribution in [0.1, 0.15) is 41.3 Å². The molecule has 1 aromatic rings. The molecular formula is C13H18O4S. The molecule has 0 aromatic heterocycles. The molecule has 4 nitrogen and oxygen atoms in total. The van der Waals surface area contributed by atoms with Crippen LogP contribution in [-0.4, -0.2) is 32.2 Å². The lowest BCUT2D eigenvalue weighted by molar-refractivity contribution is 0.0899. The normalized spacial score (nSPS) is 11.9. The fourth-order valence-electron chi connectivity index (χ4n) is 2.03. The molecule has 0 saturated carbocycles. The first kappa shape index (κ1) is 14.9. The number of ketones is 1. The zero-order valence-electron chi connectivity index (χ0n) is 11.0. The molecule has 0 spiro atoms. The molecule has 0 aliphatic rings. The second kappa shape index (κ2) is 5.20. The van der Waals surface area contributed by atoms with Crippen molar-refractivity contribution in [3.05, 3.63) is 28.8 Å². The summed E-state index contributed by atoms with van der Waals surface area (Å²) in [5, 5.41) is 9.03. The van der Waals surface area contributed by atoms with Crippen molar-refractivity contribution < 1.29 is 18.3 Å². The fraction of sp³-hybridized carbons (Fsp3) is 0.462. The lowest BCUT2D eigenvalue weighted by Crippen LogP contribution is -2.16. The molecule has 0 saturated heterocycles. The Kier molecular flexibility index (Phi) is 4.29. The summed E-state index contributed by atoms with van der Waals surface area (Å²) in [7, 11) is -3.51. The Labute approximate surface area is 108 Å². The Morgan fingerprint density at radius 1 is 1.33 bits per heavy atom. The number of benzene rings is 1. The number of hydrogen-bond acceptors (Lipinski definition) is 4. The molecule has 0 aliphatic carbocycles. The molecule has 0 unspecified atom stereocenters. The van der Waals surface area contributed by atoms with Crippen molar-refractivity contribution in [3.63, 3.8) is 0 Å². The first-order valence-corrected chi connectivity index (χ1v) is 7.57. The second-order valence-corrected chi connectivity index (χ2v) is 6.64. The van der Waals surface area contributed by atoms with Gasteiger partial charge in [-0.15, -0.1) is 0 Å². The molecule has 100 valence electrons. The van der Waals surface area contributed by atoms with Crippen LogP contribution >= 0.6 is 0 Å². The van der Waals surface area contributed by atoms with Crippen molar-refractivity contribution >= 4 is 15.6 Å². The average Bonchev–Trinajstić information content (AvgIpc) is 2.25. The summed E-state index contributed by atoms with van der Waals surface area (Å²) in [6.45, 7) is 4.72. The van der Waals surface area contributed by atoms with Crippen LogP contribution in [0.15, 0.2) is 17.0 Å². The van der Waals surface area contributed by atoms with Crippen LogP contribution in [0.25, 0.3) is 0 Å². The van der Waals surface area contributed by atoms with Crippen molar-refractivity contribution in [2.75, 3.05) is 12.9 Å². The summed E-state index contributed by atoms with van der Waals surface area (Å²) in [5.74, 6) is -0.542. The summed E-state index contributed by atoms with van der Waals surface area (Å²) in [6, 6.07) is 3.44. The van der Waals surface area contributed by atoms with Gasteiger partial charge in [-0.25, -0.2) is 8.42 Å². The van der Waals surface area contributed by atoms with E-state index >= 15 is 0 Å². The van der Waals surface area contributed by atoms with Gasteiger partial charge in [0.2, 0.25) is 0 Å². The quantitative estimate of drug-likeness (QED) is 0.845. The minimum absolute atomic E-state index is 0.0107. The molecule has 0 amide bonds. The molecule has 1 N–H and O–H groups in total. The number of aliphatic hydroxyl groups is 1. The smallest absolute Gasteiger partial charge is 0.189 e. The van der Waals surface area contributed by atoms with Crippen molar-refractivity contribution in [3.8, 4) is 0 Å². The Balaban J connectivity index is 3.78. The van der Waals surface area contributed by atoms with Crippen molar-refractivity contribution in [2.45, 2.75) is 31.6 Å². The Morgan fingerprint density at radius 3 is 2.28 bits per heavy atom. The van der Waals surface area contributed by atoms with Gasteiger partial charge in [0.15, 0.2) is 15.6 Å². The van der Waals surface area contributed by atoms with Gasteiger partial charge in [0.1, 0.15) is 6.61 Å². The van der Waals surface area contributed by atoms with Gasteiger partial charge in [0.25, 0.3) is 0 Å². The second-order valence-electron chi connectivity index (χ2n) is 4.68. The zero-order valence-corrected chi connectivity index (χ0v) is 11.8. The van der Waals surface area contributed by atoms with Crippen LogP contribution in [0.2, 0.25) is 0 Å². The van der Waals surface area contributed by atoms with E-state index in [4.69, 9.17) is 5.11 Å². The van der Waals surface area contributed by atoms with Crippen LogP contribution < -0.4 is 0 Å². The van der Waals surface area contributed by atoms with Gasteiger partial charge >= 0.3 is 0 Å². The maximum Gasteiger partial charge on any atom is 0.189 e. The minimum Gasteiger partial charge on any atom is -0.388 e. The molecule has 0 fully saturated rings. The summed E-state index contributed by atoms with van der Waals surface area (Å²) < 4.78 is 23.7. The largest absolute Gasteiger partial charge is 0.388 e. The SMILES string of the molecule is Cc1ccc(C(C)C)c(C(=O)CO)c1S(C)(=O)=O. The number of aryl methyl sites for hydroxylation is 1. The number of hydrogen-bond donors (Lipinski definition) is 1. The van der Waals surface area contributed by atoms with E-state index in [1.807, 2.05) is 13.8 Å². The predicted octanol–water partition coefficient (Wildman–Crippen LogP) is 1.70. The Hall–Kier alpha value is -1.20. The molecule has 18 heavy (non-hydrogen) atoms. The fourth-order valence-corrected chi connectivity index (χ4v) is 3.28. The Morgan fingerprint density at radius 2 is 1.89 bits per heavy atom. The van der Waals surface area contributed by atoms with E-state index in [1.165, 1.54) is 0 Å². The van der Waals surface area contributed by atoms with Crippen molar-refractivity contribution in [1.29, 1.82) is 0 Å². The lowest BCUT2D eigenvalue weighted by atomic mass is 9.93. The van der Waals surface area contributed by atoms with Gasteiger partial charge in [0, 0.05) is 11.8 Å². The molecular weight excluding hydrogens is 252 g/mol. The lowest BCUT2D eigenvalue weighted by Gasteiger charge is -2.16. The standard InChI is InChI=1S/C13H18O4S/c1-8(2)10-6-5-9(3)13(18(4,16)17)12(10)11(15)7-14/h5-6,8,14H,7H2,1-4H3. The molecule has 0 atom stereocenters. The highest BCUT2D eigenvalue weighted by Crippen LogP contribution is 2.29. The number of aliphatic hydroxyl groups excluding tert-OH is 1. The number of Topliss-reactive ketones (excluding diaryl/α,β-unsaturated/α-hetero) is 1. The summed E-state index contributed by atoms with van der Waals surface area (Å²) in [6.07, 6.45) is 1.08. The van der Waals surface area contributed by atoms with Crippen LogP contribution in [0.4, 0.5) is 0 Å². The zero-order chi connectivity index (χ0) is 14.1. The number of carbonyl (C=O) groups is 1. The number of sulfone groups is 1. The van der Waals surface area contributed by atoms with Crippen LogP contribution in [0, 0.1) is 6.92 Å². The van der Waals surface area contributed by atoms with E-state index in [2.05, 4.69) is 0 Å². The molecule has 0 bridgehead atoms. The number of carbonyl (C=O) groups excluding carboxylic acids is 1. The molecule has 0 heterocycles. The van der Waals surface area contributed by atoms with E-state index in [-0.39, 0.29) is 16.4 Å². The monoisotopic (exact) mass is 270 g/mol. The van der Waals surface area contributed by atoms with Gasteiger partial charge < -0.3 is 5.11 Å². The molecule has 5 heteroatoms. The van der Waals surface area contributed by atoms with Gasteiger partial charge in [-0.2, -0.15) is 0 Å². The number of rotatable bonds is 4. The van der Waals surface area contributed by atoms with E-state index in [1.54, 1.807) is 19.1 Å². The van der Waals surface area contributed by atoms with E-state index in [0.717, 1.165) is 6.26 Å². The predicted molar refractivity (Wildman–Crippen MR) is 69.8 cm³/mol. The maximum absolute atomic E-state index is 11.8. The molecule has 1 aromatic carbocycles. The van der Waals surface area contributed by atoms with Crippen molar-refractivity contribution in [1.82, 2.24) is 0 Å². The van der Waals surface area contributed by atoms with Crippen LogP contribution in [0.5, 0.6) is 0 Å². The minimum atomic E-state index is -3.51. The summed E-state index contributed by atoms with van der Waals surface area (Å²) in [4.78, 5) is 11.9. The van der Waals surface area contributed by atoms with Crippen molar-refractivity contribution in [2.24, 2.45) is 0 Å². The van der Waals surface area contributed by atoms with Gasteiger partial charge in [-0.1, -0.05) is 26.0 Å². The highest BCUT2D eigenvalue weighted by atomic mass is 32.2. The molecule has 0 aliphatic heterocycles. The first-order valence-electron chi connectivity index (χ1n) is 5.67. The summed E-state index contributed by atoms with van der Waals surface area (Å²) >= 11 is 0. The third-order valence-corrected chi connectivity index (χ3v) is 4.07.